The summed E-state index contributed by atoms with van der Waals surface area (Å²) in [6.07, 6.45) is 6.77. The second-order valence-electron chi connectivity index (χ2n) is 7.17. The highest BCUT2D eigenvalue weighted by Crippen LogP contribution is 2.43. The molecule has 144 valence electrons. The molecule has 3 N–H and O–H groups in total. The first-order valence-electron chi connectivity index (χ1n) is 9.75. The van der Waals surface area contributed by atoms with Crippen LogP contribution in [-0.2, 0) is 6.42 Å². The lowest BCUT2D eigenvalue weighted by Crippen LogP contribution is -1.97. The van der Waals surface area contributed by atoms with Crippen LogP contribution in [0.2, 0.25) is 0 Å². The molecule has 0 aliphatic heterocycles. The number of aromatic hydroxyl groups is 2. The number of unbranched alkanes of at least 4 members (excludes halogenated alkanes) is 3. The molecule has 0 heterocycles. The fourth-order valence-electron chi connectivity index (χ4n) is 3.99. The number of aliphatic hydroxyl groups excluding tert-OH is 1. The summed E-state index contributed by atoms with van der Waals surface area (Å²) in [6, 6.07) is 9.71. The third-order valence-electron chi connectivity index (χ3n) is 5.28. The predicted molar refractivity (Wildman–Crippen MR) is 106 cm³/mol. The van der Waals surface area contributed by atoms with Crippen LogP contribution in [0.5, 0.6) is 11.5 Å². The number of phenols is 2. The summed E-state index contributed by atoms with van der Waals surface area (Å²) in [5.74, 6) is -0.0692. The Morgan fingerprint density at radius 3 is 2.56 bits per heavy atom. The minimum absolute atomic E-state index is 0.0444. The quantitative estimate of drug-likeness (QED) is 0.570. The molecule has 1 aliphatic carbocycles. The molecule has 3 nitrogen and oxygen atoms in total. The Morgan fingerprint density at radius 2 is 1.74 bits per heavy atom. The first kappa shape index (κ1) is 19.4. The molecule has 0 saturated carbocycles. The monoisotopic (exact) mass is 370 g/mol. The van der Waals surface area contributed by atoms with Crippen molar-refractivity contribution in [1.82, 2.24) is 0 Å². The second kappa shape index (κ2) is 9.05. The molecule has 0 bridgehead atoms. The van der Waals surface area contributed by atoms with Gasteiger partial charge in [-0.2, -0.15) is 0 Å². The summed E-state index contributed by atoms with van der Waals surface area (Å²) >= 11 is 0. The van der Waals surface area contributed by atoms with E-state index in [1.165, 1.54) is 18.2 Å². The van der Waals surface area contributed by atoms with Crippen LogP contribution in [0.4, 0.5) is 4.39 Å². The van der Waals surface area contributed by atoms with Gasteiger partial charge < -0.3 is 15.3 Å². The largest absolute Gasteiger partial charge is 0.508 e. The maximum Gasteiger partial charge on any atom is 0.130 e. The number of hydrogen-bond acceptors (Lipinski definition) is 3. The van der Waals surface area contributed by atoms with E-state index in [1.807, 2.05) is 12.1 Å². The zero-order valence-corrected chi connectivity index (χ0v) is 15.5. The van der Waals surface area contributed by atoms with Crippen molar-refractivity contribution in [3.05, 3.63) is 58.9 Å². The van der Waals surface area contributed by atoms with Gasteiger partial charge >= 0.3 is 0 Å². The number of aliphatic hydroxyl groups is 1. The number of benzene rings is 2. The predicted octanol–water partition coefficient (Wildman–Crippen LogP) is 5.43. The molecule has 27 heavy (non-hydrogen) atoms. The maximum absolute atomic E-state index is 14.6. The van der Waals surface area contributed by atoms with Crippen LogP contribution in [0.1, 0.15) is 61.6 Å². The summed E-state index contributed by atoms with van der Waals surface area (Å²) in [7, 11) is 0. The van der Waals surface area contributed by atoms with E-state index in [0.29, 0.717) is 12.0 Å². The van der Waals surface area contributed by atoms with Gasteiger partial charge in [0.1, 0.15) is 17.3 Å². The van der Waals surface area contributed by atoms with Crippen LogP contribution >= 0.6 is 0 Å². The van der Waals surface area contributed by atoms with Crippen LogP contribution in [0.3, 0.4) is 0 Å². The molecule has 3 rings (SSSR count). The van der Waals surface area contributed by atoms with E-state index >= 15 is 0 Å². The molecular formula is C23H27FO3. The van der Waals surface area contributed by atoms with E-state index in [2.05, 4.69) is 0 Å². The van der Waals surface area contributed by atoms with Gasteiger partial charge in [0.05, 0.1) is 0 Å². The average Bonchev–Trinajstić information content (AvgIpc) is 2.84. The summed E-state index contributed by atoms with van der Waals surface area (Å²) in [5, 5.41) is 29.4. The molecule has 0 saturated heterocycles. The van der Waals surface area contributed by atoms with Crippen LogP contribution in [0, 0.1) is 5.82 Å². The molecule has 2 aromatic rings. The summed E-state index contributed by atoms with van der Waals surface area (Å²) in [6.45, 7) is 0.200. The third-order valence-corrected chi connectivity index (χ3v) is 5.28. The van der Waals surface area contributed by atoms with Crippen molar-refractivity contribution in [3.63, 3.8) is 0 Å². The smallest absolute Gasteiger partial charge is 0.130 e. The van der Waals surface area contributed by atoms with E-state index in [-0.39, 0.29) is 23.9 Å². The van der Waals surface area contributed by atoms with Gasteiger partial charge in [0.15, 0.2) is 0 Å². The highest BCUT2D eigenvalue weighted by atomic mass is 19.1. The Bertz CT molecular complexity index is 826. The SMILES string of the molecule is OCCCCCCC1=C(c2cc(O)ccc2F)CCCc2cccc(O)c21. The minimum atomic E-state index is -0.348. The first-order valence-corrected chi connectivity index (χ1v) is 9.75. The molecule has 0 unspecified atom stereocenters. The van der Waals surface area contributed by atoms with Crippen LogP contribution in [0.25, 0.3) is 11.1 Å². The van der Waals surface area contributed by atoms with E-state index in [1.54, 1.807) is 6.07 Å². The molecule has 0 atom stereocenters. The topological polar surface area (TPSA) is 60.7 Å². The first-order chi connectivity index (χ1) is 13.1. The van der Waals surface area contributed by atoms with Gasteiger partial charge in [-0.05, 0) is 79.5 Å². The number of allylic oxidation sites excluding steroid dienone is 2. The van der Waals surface area contributed by atoms with Gasteiger partial charge in [-0.1, -0.05) is 25.0 Å². The molecular weight excluding hydrogens is 343 g/mol. The zero-order valence-electron chi connectivity index (χ0n) is 15.5. The number of aryl methyl sites for hydroxylation is 1. The van der Waals surface area contributed by atoms with Gasteiger partial charge in [-0.3, -0.25) is 0 Å². The van der Waals surface area contributed by atoms with Crippen molar-refractivity contribution in [3.8, 4) is 11.5 Å². The van der Waals surface area contributed by atoms with Crippen molar-refractivity contribution in [2.24, 2.45) is 0 Å². The van der Waals surface area contributed by atoms with E-state index < -0.39 is 0 Å². The van der Waals surface area contributed by atoms with Gasteiger partial charge in [0.25, 0.3) is 0 Å². The fraction of sp³-hybridized carbons (Fsp3) is 0.391. The zero-order chi connectivity index (χ0) is 19.2. The maximum atomic E-state index is 14.6. The molecule has 1 aliphatic rings. The Labute approximate surface area is 159 Å². The normalized spacial score (nSPS) is 14.1. The van der Waals surface area contributed by atoms with Crippen LogP contribution in [-0.4, -0.2) is 21.9 Å². The summed E-state index contributed by atoms with van der Waals surface area (Å²) in [5.41, 5.74) is 4.21. The minimum Gasteiger partial charge on any atom is -0.508 e. The number of rotatable bonds is 7. The van der Waals surface area contributed by atoms with Gasteiger partial charge in [-0.15, -0.1) is 0 Å². The average molecular weight is 370 g/mol. The second-order valence-corrected chi connectivity index (χ2v) is 7.17. The molecule has 0 radical (unpaired) electrons. The standard InChI is InChI=1S/C23H27FO3/c24-21-13-12-17(26)15-20(21)18-10-5-7-16-8-6-11-22(27)23(16)19(18)9-3-1-2-4-14-25/h6,8,11-13,15,25-27H,1-5,7,9-10,14H2. The molecule has 0 aromatic heterocycles. The molecule has 2 aromatic carbocycles. The highest BCUT2D eigenvalue weighted by molar-refractivity contribution is 5.94. The molecule has 0 fully saturated rings. The van der Waals surface area contributed by atoms with Gasteiger partial charge in [0, 0.05) is 17.7 Å². The van der Waals surface area contributed by atoms with Crippen LogP contribution < -0.4 is 0 Å². The lowest BCUT2D eigenvalue weighted by atomic mass is 9.88. The van der Waals surface area contributed by atoms with Gasteiger partial charge in [-0.25, -0.2) is 4.39 Å². The van der Waals surface area contributed by atoms with Crippen molar-refractivity contribution in [2.45, 2.75) is 51.4 Å². The summed E-state index contributed by atoms with van der Waals surface area (Å²) in [4.78, 5) is 0. The van der Waals surface area contributed by atoms with Crippen molar-refractivity contribution in [2.75, 3.05) is 6.61 Å². The van der Waals surface area contributed by atoms with Crippen molar-refractivity contribution < 1.29 is 19.7 Å². The number of fused-ring (bicyclic) bond motifs is 1. The lowest BCUT2D eigenvalue weighted by molar-refractivity contribution is 0.282. The number of phenolic OH excluding ortho intramolecular Hbond substituents is 2. The van der Waals surface area contributed by atoms with E-state index in [4.69, 9.17) is 5.11 Å². The summed E-state index contributed by atoms with van der Waals surface area (Å²) < 4.78 is 14.6. The lowest BCUT2D eigenvalue weighted by Gasteiger charge is -2.18. The Hall–Kier alpha value is -2.33. The third kappa shape index (κ3) is 4.51. The van der Waals surface area contributed by atoms with Crippen molar-refractivity contribution in [1.29, 1.82) is 0 Å². The van der Waals surface area contributed by atoms with Crippen molar-refractivity contribution >= 4 is 11.1 Å². The van der Waals surface area contributed by atoms with Gasteiger partial charge in [0.2, 0.25) is 0 Å². The number of halogens is 1. The van der Waals surface area contributed by atoms with E-state index in [0.717, 1.165) is 67.2 Å². The fourth-order valence-corrected chi connectivity index (χ4v) is 3.99. The van der Waals surface area contributed by atoms with Crippen LogP contribution in [0.15, 0.2) is 36.4 Å². The van der Waals surface area contributed by atoms with E-state index in [9.17, 15) is 14.6 Å². The Balaban J connectivity index is 2.06. The Morgan fingerprint density at radius 1 is 0.926 bits per heavy atom. The Kier molecular flexibility index (Phi) is 6.51. The molecule has 0 amide bonds. The highest BCUT2D eigenvalue weighted by Gasteiger charge is 2.22. The molecule has 0 spiro atoms. The molecule has 4 heteroatoms. The number of hydrogen-bond donors (Lipinski definition) is 3.